The molecule has 1 heterocycles. The molecule has 0 amide bonds. The summed E-state index contributed by atoms with van der Waals surface area (Å²) in [5.74, 6) is 0.773. The zero-order valence-corrected chi connectivity index (χ0v) is 13.6. The molecule has 0 aliphatic rings. The van der Waals surface area contributed by atoms with Crippen molar-refractivity contribution in [3.05, 3.63) is 76.0 Å². The minimum atomic E-state index is 0.507. The van der Waals surface area contributed by atoms with Crippen molar-refractivity contribution < 1.29 is 4.74 Å². The third kappa shape index (κ3) is 3.71. The van der Waals surface area contributed by atoms with E-state index in [9.17, 15) is 0 Å². The van der Waals surface area contributed by atoms with E-state index in [1.807, 2.05) is 66.2 Å². The highest BCUT2D eigenvalue weighted by molar-refractivity contribution is 7.08. The quantitative estimate of drug-likeness (QED) is 0.698. The lowest BCUT2D eigenvalue weighted by atomic mass is 10.2. The van der Waals surface area contributed by atoms with E-state index in [2.05, 4.69) is 11.4 Å². The number of nitrogens with one attached hydrogen (secondary N) is 1. The first kappa shape index (κ1) is 15.1. The third-order valence-corrected chi connectivity index (χ3v) is 4.17. The second-order valence-electron chi connectivity index (χ2n) is 5.21. The van der Waals surface area contributed by atoms with E-state index in [4.69, 9.17) is 10.00 Å². The normalized spacial score (nSPS) is 10.1. The van der Waals surface area contributed by atoms with Crippen LogP contribution in [0.2, 0.25) is 0 Å². The summed E-state index contributed by atoms with van der Waals surface area (Å²) in [7, 11) is 0. The van der Waals surface area contributed by atoms with Gasteiger partial charge in [0.2, 0.25) is 0 Å². The fourth-order valence-electron chi connectivity index (χ4n) is 2.23. The van der Waals surface area contributed by atoms with Crippen molar-refractivity contribution in [3.8, 4) is 11.8 Å². The van der Waals surface area contributed by atoms with E-state index in [1.54, 1.807) is 0 Å². The van der Waals surface area contributed by atoms with Gasteiger partial charge in [-0.2, -0.15) is 5.26 Å². The number of benzene rings is 2. The molecule has 0 radical (unpaired) electrons. The number of aryl methyl sites for hydroxylation is 1. The van der Waals surface area contributed by atoms with Crippen molar-refractivity contribution >= 4 is 22.7 Å². The molecule has 0 bridgehead atoms. The van der Waals surface area contributed by atoms with Gasteiger partial charge in [0.1, 0.15) is 18.4 Å². The Balaban J connectivity index is 1.82. The molecule has 0 saturated carbocycles. The molecule has 0 fully saturated rings. The van der Waals surface area contributed by atoms with Crippen LogP contribution >= 0.6 is 11.3 Å². The highest BCUT2D eigenvalue weighted by Crippen LogP contribution is 2.32. The molecule has 3 rings (SSSR count). The number of thiophene rings is 1. The maximum atomic E-state index is 9.15. The van der Waals surface area contributed by atoms with Crippen LogP contribution < -0.4 is 10.1 Å². The number of hydrogen-bond acceptors (Lipinski definition) is 4. The fraction of sp³-hybridized carbons (Fsp3) is 0.105. The summed E-state index contributed by atoms with van der Waals surface area (Å²) in [6.07, 6.45) is 0. The molecule has 23 heavy (non-hydrogen) atoms. The van der Waals surface area contributed by atoms with Crippen molar-refractivity contribution in [2.75, 3.05) is 5.32 Å². The van der Waals surface area contributed by atoms with Crippen LogP contribution in [0, 0.1) is 18.3 Å². The first-order valence-electron chi connectivity index (χ1n) is 7.27. The number of rotatable bonds is 5. The molecule has 114 valence electrons. The molecule has 1 N–H and O–H groups in total. The van der Waals surface area contributed by atoms with Gasteiger partial charge >= 0.3 is 0 Å². The van der Waals surface area contributed by atoms with Crippen LogP contribution in [0.4, 0.5) is 11.4 Å². The van der Waals surface area contributed by atoms with Crippen molar-refractivity contribution in [2.45, 2.75) is 13.5 Å². The predicted molar refractivity (Wildman–Crippen MR) is 94.3 cm³/mol. The zero-order chi connectivity index (χ0) is 16.1. The van der Waals surface area contributed by atoms with Gasteiger partial charge in [-0.25, -0.2) is 0 Å². The van der Waals surface area contributed by atoms with Gasteiger partial charge in [-0.15, -0.1) is 11.3 Å². The molecule has 1 aromatic heterocycles. The zero-order valence-electron chi connectivity index (χ0n) is 12.7. The molecule has 3 aromatic rings. The van der Waals surface area contributed by atoms with E-state index in [-0.39, 0.29) is 0 Å². The van der Waals surface area contributed by atoms with Crippen molar-refractivity contribution in [3.63, 3.8) is 0 Å². The summed E-state index contributed by atoms with van der Waals surface area (Å²) in [6, 6.07) is 18.3. The Morgan fingerprint density at radius 1 is 1.09 bits per heavy atom. The maximum absolute atomic E-state index is 9.15. The standard InChI is InChI=1S/C19H16N2OS/c1-14-7-8-19(22-11-15-5-3-2-4-6-15)17(9-14)21-18-13-23-12-16(18)10-20/h2-9,12-13,21H,11H2,1H3. The van der Waals surface area contributed by atoms with E-state index in [0.717, 1.165) is 28.3 Å². The van der Waals surface area contributed by atoms with Crippen LogP contribution in [0.3, 0.4) is 0 Å². The van der Waals surface area contributed by atoms with Crippen LogP contribution in [0.5, 0.6) is 5.75 Å². The lowest BCUT2D eigenvalue weighted by molar-refractivity contribution is 0.308. The van der Waals surface area contributed by atoms with Crippen LogP contribution in [-0.2, 0) is 6.61 Å². The van der Waals surface area contributed by atoms with Gasteiger partial charge < -0.3 is 10.1 Å². The fourth-order valence-corrected chi connectivity index (χ4v) is 2.93. The maximum Gasteiger partial charge on any atom is 0.143 e. The predicted octanol–water partition coefficient (Wildman–Crippen LogP) is 5.25. The summed E-state index contributed by atoms with van der Waals surface area (Å²) in [4.78, 5) is 0. The smallest absolute Gasteiger partial charge is 0.143 e. The number of nitrogens with zero attached hydrogens (tertiary/aromatic N) is 1. The molecular weight excluding hydrogens is 304 g/mol. The van der Waals surface area contributed by atoms with Crippen LogP contribution in [-0.4, -0.2) is 0 Å². The highest BCUT2D eigenvalue weighted by atomic mass is 32.1. The third-order valence-electron chi connectivity index (χ3n) is 3.42. The van der Waals surface area contributed by atoms with Gasteiger partial charge in [-0.3, -0.25) is 0 Å². The molecule has 0 aliphatic heterocycles. The van der Waals surface area contributed by atoms with Crippen molar-refractivity contribution in [2.24, 2.45) is 0 Å². The first-order chi connectivity index (χ1) is 11.3. The van der Waals surface area contributed by atoms with Gasteiger partial charge in [0, 0.05) is 10.8 Å². The molecule has 0 aliphatic carbocycles. The molecule has 0 spiro atoms. The Kier molecular flexibility index (Phi) is 4.60. The summed E-state index contributed by atoms with van der Waals surface area (Å²) in [6.45, 7) is 2.54. The Morgan fingerprint density at radius 2 is 1.91 bits per heavy atom. The van der Waals surface area contributed by atoms with Gasteiger partial charge in [0.25, 0.3) is 0 Å². The molecule has 2 aromatic carbocycles. The van der Waals surface area contributed by atoms with Crippen molar-refractivity contribution in [1.82, 2.24) is 0 Å². The lowest BCUT2D eigenvalue weighted by Crippen LogP contribution is -2.00. The van der Waals surface area contributed by atoms with E-state index in [1.165, 1.54) is 11.3 Å². The second-order valence-corrected chi connectivity index (χ2v) is 5.95. The monoisotopic (exact) mass is 320 g/mol. The Labute approximate surface area is 139 Å². The Morgan fingerprint density at radius 3 is 2.70 bits per heavy atom. The molecule has 4 heteroatoms. The van der Waals surface area contributed by atoms with Gasteiger partial charge in [-0.05, 0) is 30.2 Å². The van der Waals surface area contributed by atoms with Crippen LogP contribution in [0.25, 0.3) is 0 Å². The minimum Gasteiger partial charge on any atom is -0.487 e. The molecule has 0 atom stereocenters. The Hall–Kier alpha value is -2.77. The second kappa shape index (κ2) is 6.99. The number of hydrogen-bond donors (Lipinski definition) is 1. The van der Waals surface area contributed by atoms with Crippen LogP contribution in [0.1, 0.15) is 16.7 Å². The van der Waals surface area contributed by atoms with Crippen LogP contribution in [0.15, 0.2) is 59.3 Å². The number of anilines is 2. The Bertz CT molecular complexity index is 834. The van der Waals surface area contributed by atoms with E-state index in [0.29, 0.717) is 12.2 Å². The highest BCUT2D eigenvalue weighted by Gasteiger charge is 2.09. The number of ether oxygens (including phenoxy) is 1. The SMILES string of the molecule is Cc1ccc(OCc2ccccc2)c(Nc2cscc2C#N)c1. The minimum absolute atomic E-state index is 0.507. The lowest BCUT2D eigenvalue weighted by Gasteiger charge is -2.14. The van der Waals surface area contributed by atoms with E-state index < -0.39 is 0 Å². The van der Waals surface area contributed by atoms with Crippen molar-refractivity contribution in [1.29, 1.82) is 5.26 Å². The summed E-state index contributed by atoms with van der Waals surface area (Å²) >= 11 is 1.50. The molecule has 0 unspecified atom stereocenters. The summed E-state index contributed by atoms with van der Waals surface area (Å²) < 4.78 is 5.96. The van der Waals surface area contributed by atoms with Gasteiger partial charge in [-0.1, -0.05) is 36.4 Å². The average molecular weight is 320 g/mol. The number of nitriles is 1. The average Bonchev–Trinajstić information content (AvgIpc) is 3.02. The summed E-state index contributed by atoms with van der Waals surface area (Å²) in [5, 5.41) is 16.2. The van der Waals surface area contributed by atoms with Gasteiger partial charge in [0.05, 0.1) is 16.9 Å². The van der Waals surface area contributed by atoms with Gasteiger partial charge in [0.15, 0.2) is 0 Å². The van der Waals surface area contributed by atoms with E-state index >= 15 is 0 Å². The first-order valence-corrected chi connectivity index (χ1v) is 8.21. The summed E-state index contributed by atoms with van der Waals surface area (Å²) in [5.41, 5.74) is 4.58. The molecular formula is C19H16N2OS. The molecule has 0 saturated heterocycles. The largest absolute Gasteiger partial charge is 0.487 e. The topological polar surface area (TPSA) is 45.0 Å². The molecule has 3 nitrogen and oxygen atoms in total.